The van der Waals surface area contributed by atoms with E-state index in [4.69, 9.17) is 23.2 Å². The molecule has 1 saturated heterocycles. The Balaban J connectivity index is 2.15. The number of ketones is 1. The second-order valence-corrected chi connectivity index (χ2v) is 5.74. The minimum Gasteiger partial charge on any atom is -0.316 e. The summed E-state index contributed by atoms with van der Waals surface area (Å²) >= 11 is 12.0. The summed E-state index contributed by atoms with van der Waals surface area (Å²) in [6.07, 6.45) is 2.20. The molecule has 1 fully saturated rings. The van der Waals surface area contributed by atoms with Crippen LogP contribution in [0.15, 0.2) is 18.2 Å². The maximum absolute atomic E-state index is 12.5. The number of rotatable bonds is 4. The van der Waals surface area contributed by atoms with Crippen LogP contribution in [0.2, 0.25) is 10.0 Å². The van der Waals surface area contributed by atoms with Crippen LogP contribution < -0.4 is 5.32 Å². The summed E-state index contributed by atoms with van der Waals surface area (Å²) in [4.78, 5) is 12.5. The second-order valence-electron chi connectivity index (χ2n) is 4.90. The predicted octanol–water partition coefficient (Wildman–Crippen LogP) is 3.49. The molecule has 0 spiro atoms. The third-order valence-corrected chi connectivity index (χ3v) is 4.47. The molecule has 18 heavy (non-hydrogen) atoms. The van der Waals surface area contributed by atoms with Gasteiger partial charge in [-0.2, -0.15) is 0 Å². The zero-order valence-corrected chi connectivity index (χ0v) is 11.9. The average molecular weight is 286 g/mol. The van der Waals surface area contributed by atoms with Gasteiger partial charge in [0.1, 0.15) is 5.78 Å². The van der Waals surface area contributed by atoms with Crippen molar-refractivity contribution in [3.63, 3.8) is 0 Å². The smallest absolute Gasteiger partial charge is 0.144 e. The Morgan fingerprint density at radius 3 is 2.78 bits per heavy atom. The highest BCUT2D eigenvalue weighted by molar-refractivity contribution is 6.35. The molecule has 1 aliphatic rings. The molecule has 0 amide bonds. The molecule has 1 aromatic rings. The van der Waals surface area contributed by atoms with Crippen LogP contribution >= 0.6 is 23.2 Å². The lowest BCUT2D eigenvalue weighted by Gasteiger charge is -2.25. The lowest BCUT2D eigenvalue weighted by atomic mass is 9.78. The van der Waals surface area contributed by atoms with Gasteiger partial charge in [-0.3, -0.25) is 4.79 Å². The van der Waals surface area contributed by atoms with Gasteiger partial charge in [0.15, 0.2) is 0 Å². The number of Topliss-reactive ketones (excluding diaryl/α,β-unsaturated/α-hetero) is 1. The molecule has 0 bridgehead atoms. The highest BCUT2D eigenvalue weighted by Gasteiger charge is 2.38. The normalized spacial score (nSPS) is 23.3. The van der Waals surface area contributed by atoms with E-state index < -0.39 is 0 Å². The number of hydrogen-bond donors (Lipinski definition) is 1. The van der Waals surface area contributed by atoms with Gasteiger partial charge in [0, 0.05) is 28.4 Å². The van der Waals surface area contributed by atoms with Crippen molar-refractivity contribution < 1.29 is 4.79 Å². The van der Waals surface area contributed by atoms with Crippen LogP contribution in [0.4, 0.5) is 0 Å². The van der Waals surface area contributed by atoms with Gasteiger partial charge in [0.2, 0.25) is 0 Å². The number of carbonyl (C=O) groups excluding carboxylic acids is 1. The Kier molecular flexibility index (Phi) is 4.31. The molecule has 1 aliphatic heterocycles. The molecule has 1 heterocycles. The minimum atomic E-state index is -0.205. The SMILES string of the molecule is CCC1(C(=O)Cc2ccc(Cl)cc2Cl)CCNC1. The fourth-order valence-electron chi connectivity index (χ4n) is 2.51. The van der Waals surface area contributed by atoms with Gasteiger partial charge in [-0.1, -0.05) is 36.2 Å². The summed E-state index contributed by atoms with van der Waals surface area (Å²) in [5, 5.41) is 4.46. The van der Waals surface area contributed by atoms with Gasteiger partial charge in [0.25, 0.3) is 0 Å². The molecule has 2 rings (SSSR count). The van der Waals surface area contributed by atoms with Crippen molar-refractivity contribution in [2.45, 2.75) is 26.2 Å². The highest BCUT2D eigenvalue weighted by Crippen LogP contribution is 2.33. The first kappa shape index (κ1) is 13.9. The van der Waals surface area contributed by atoms with Crippen LogP contribution in [0.3, 0.4) is 0 Å². The van der Waals surface area contributed by atoms with Gasteiger partial charge >= 0.3 is 0 Å². The van der Waals surface area contributed by atoms with Crippen LogP contribution in [0, 0.1) is 5.41 Å². The molecule has 0 aliphatic carbocycles. The zero-order valence-electron chi connectivity index (χ0n) is 10.4. The molecule has 0 saturated carbocycles. The number of benzene rings is 1. The molecule has 1 aromatic carbocycles. The Labute approximate surface area is 118 Å². The maximum atomic E-state index is 12.5. The first-order valence-corrected chi connectivity index (χ1v) is 7.01. The van der Waals surface area contributed by atoms with Crippen LogP contribution in [-0.2, 0) is 11.2 Å². The van der Waals surface area contributed by atoms with Crippen LogP contribution in [0.5, 0.6) is 0 Å². The average Bonchev–Trinajstić information content (AvgIpc) is 2.82. The number of nitrogens with one attached hydrogen (secondary N) is 1. The Morgan fingerprint density at radius 1 is 1.44 bits per heavy atom. The Hall–Kier alpha value is -0.570. The molecule has 0 radical (unpaired) electrons. The summed E-state index contributed by atoms with van der Waals surface area (Å²) in [5.41, 5.74) is 0.661. The van der Waals surface area contributed by atoms with Gasteiger partial charge in [0.05, 0.1) is 0 Å². The lowest BCUT2D eigenvalue weighted by molar-refractivity contribution is -0.127. The summed E-state index contributed by atoms with van der Waals surface area (Å²) in [6, 6.07) is 5.31. The van der Waals surface area contributed by atoms with E-state index in [9.17, 15) is 4.79 Å². The largest absolute Gasteiger partial charge is 0.316 e. The maximum Gasteiger partial charge on any atom is 0.144 e. The molecule has 0 aromatic heterocycles. The fraction of sp³-hybridized carbons (Fsp3) is 0.500. The van der Waals surface area contributed by atoms with E-state index in [0.29, 0.717) is 16.5 Å². The highest BCUT2D eigenvalue weighted by atomic mass is 35.5. The summed E-state index contributed by atoms with van der Waals surface area (Å²) < 4.78 is 0. The molecular formula is C14H17Cl2NO. The molecule has 1 unspecified atom stereocenters. The standard InChI is InChI=1S/C14H17Cl2NO/c1-2-14(5-6-17-9-14)13(18)7-10-3-4-11(15)8-12(10)16/h3-4,8,17H,2,5-7,9H2,1H3. The molecule has 1 atom stereocenters. The monoisotopic (exact) mass is 285 g/mol. The van der Waals surface area contributed by atoms with E-state index in [1.54, 1.807) is 12.1 Å². The minimum absolute atomic E-state index is 0.205. The molecule has 98 valence electrons. The molecule has 1 N–H and O–H groups in total. The summed E-state index contributed by atoms with van der Waals surface area (Å²) in [5.74, 6) is 0.277. The zero-order chi connectivity index (χ0) is 13.2. The van der Waals surface area contributed by atoms with E-state index in [0.717, 1.165) is 31.5 Å². The van der Waals surface area contributed by atoms with E-state index >= 15 is 0 Å². The van der Waals surface area contributed by atoms with Crippen molar-refractivity contribution in [3.8, 4) is 0 Å². The van der Waals surface area contributed by atoms with Crippen molar-refractivity contribution >= 4 is 29.0 Å². The predicted molar refractivity (Wildman–Crippen MR) is 75.4 cm³/mol. The topological polar surface area (TPSA) is 29.1 Å². The van der Waals surface area contributed by atoms with Crippen molar-refractivity contribution in [2.75, 3.05) is 13.1 Å². The Morgan fingerprint density at radius 2 is 2.22 bits per heavy atom. The van der Waals surface area contributed by atoms with E-state index in [1.807, 2.05) is 6.07 Å². The van der Waals surface area contributed by atoms with Gasteiger partial charge in [-0.25, -0.2) is 0 Å². The van der Waals surface area contributed by atoms with E-state index in [1.165, 1.54) is 0 Å². The van der Waals surface area contributed by atoms with Crippen LogP contribution in [0.25, 0.3) is 0 Å². The van der Waals surface area contributed by atoms with Crippen molar-refractivity contribution in [3.05, 3.63) is 33.8 Å². The van der Waals surface area contributed by atoms with Crippen molar-refractivity contribution in [2.24, 2.45) is 5.41 Å². The molecule has 2 nitrogen and oxygen atoms in total. The Bertz CT molecular complexity index is 453. The third-order valence-electron chi connectivity index (χ3n) is 3.88. The van der Waals surface area contributed by atoms with Crippen molar-refractivity contribution in [1.29, 1.82) is 0 Å². The molecular weight excluding hydrogens is 269 g/mol. The lowest BCUT2D eigenvalue weighted by Crippen LogP contribution is -2.34. The van der Waals surface area contributed by atoms with E-state index in [-0.39, 0.29) is 11.2 Å². The first-order chi connectivity index (χ1) is 8.57. The van der Waals surface area contributed by atoms with E-state index in [2.05, 4.69) is 12.2 Å². The van der Waals surface area contributed by atoms with Gasteiger partial charge in [-0.15, -0.1) is 0 Å². The molecule has 4 heteroatoms. The first-order valence-electron chi connectivity index (χ1n) is 6.25. The summed E-state index contributed by atoms with van der Waals surface area (Å²) in [6.45, 7) is 3.79. The van der Waals surface area contributed by atoms with Crippen molar-refractivity contribution in [1.82, 2.24) is 5.32 Å². The van der Waals surface area contributed by atoms with Gasteiger partial charge < -0.3 is 5.32 Å². The third kappa shape index (κ3) is 2.71. The number of hydrogen-bond acceptors (Lipinski definition) is 2. The number of halogens is 2. The van der Waals surface area contributed by atoms with Gasteiger partial charge in [-0.05, 0) is 37.1 Å². The van der Waals surface area contributed by atoms with Crippen LogP contribution in [0.1, 0.15) is 25.3 Å². The second kappa shape index (κ2) is 5.60. The quantitative estimate of drug-likeness (QED) is 0.918. The number of carbonyl (C=O) groups is 1. The fourth-order valence-corrected chi connectivity index (χ4v) is 2.98. The summed E-state index contributed by atoms with van der Waals surface area (Å²) in [7, 11) is 0. The van der Waals surface area contributed by atoms with Crippen LogP contribution in [-0.4, -0.2) is 18.9 Å².